The van der Waals surface area contributed by atoms with Crippen LogP contribution in [0.25, 0.3) is 0 Å². The Hall–Kier alpha value is -1.86. The lowest BCUT2D eigenvalue weighted by Crippen LogP contribution is -2.80. The minimum atomic E-state index is -0.797. The lowest BCUT2D eigenvalue weighted by molar-refractivity contribution is -0.387. The van der Waals surface area contributed by atoms with Crippen LogP contribution in [0.1, 0.15) is 128 Å². The number of nitrogens with one attached hydrogen (secondary N) is 1. The van der Waals surface area contributed by atoms with Gasteiger partial charge in [-0.25, -0.2) is 9.86 Å². The molecule has 3 saturated carbocycles. The average Bonchev–Trinajstić information content (AvgIpc) is 3.31. The minimum Gasteiger partial charge on any atom is -0.444 e. The molecule has 0 aromatic rings. The molecule has 6 rings (SSSR count). The largest absolute Gasteiger partial charge is 0.444 e. The Balaban J connectivity index is 1.53. The second-order valence-corrected chi connectivity index (χ2v) is 18.2. The molecule has 2 spiro atoms. The van der Waals surface area contributed by atoms with Crippen LogP contribution in [0, 0.1) is 52.3 Å². The van der Waals surface area contributed by atoms with Gasteiger partial charge in [-0.05, 0) is 101 Å². The van der Waals surface area contributed by atoms with E-state index in [0.717, 1.165) is 38.5 Å². The van der Waals surface area contributed by atoms with Crippen molar-refractivity contribution >= 4 is 12.0 Å². The molecule has 2 bridgehead atoms. The molecule has 2 heterocycles. The van der Waals surface area contributed by atoms with Crippen LogP contribution in [0.4, 0.5) is 4.79 Å². The summed E-state index contributed by atoms with van der Waals surface area (Å²) in [6.07, 6.45) is 15.3. The predicted molar refractivity (Wildman–Crippen MR) is 182 cm³/mol. The molecule has 11 atom stereocenters. The SMILES string of the molecule is CC(C)C[C@H](NC(=O)OC(C)(C)C)C(=O)N1O[C@]23C=C[C@]14C[C@@H](O)CC[C@]4(C)C2CC[C@]1(C)[C@@H]([C@H](C)/C=C/[C@H](C)C(C)C)CC[C@H]13. The number of allylic oxidation sites excluding steroid dienone is 2. The fraction of sp³-hybridized carbons (Fsp3) is 0.846. The van der Waals surface area contributed by atoms with Crippen molar-refractivity contribution < 1.29 is 24.3 Å². The van der Waals surface area contributed by atoms with E-state index in [4.69, 9.17) is 9.57 Å². The molecule has 4 aliphatic carbocycles. The summed E-state index contributed by atoms with van der Waals surface area (Å²) in [5.41, 5.74) is -2.22. The maximum Gasteiger partial charge on any atom is 0.408 e. The number of amides is 2. The normalized spacial score (nSPS) is 40.4. The highest BCUT2D eigenvalue weighted by Crippen LogP contribution is 2.73. The number of hydrogen-bond donors (Lipinski definition) is 2. The molecule has 260 valence electrons. The zero-order chi connectivity index (χ0) is 34.0. The Kier molecular flexibility index (Phi) is 9.43. The van der Waals surface area contributed by atoms with Crippen LogP contribution >= 0.6 is 0 Å². The van der Waals surface area contributed by atoms with Crippen molar-refractivity contribution in [2.24, 2.45) is 52.3 Å². The molecule has 6 aliphatic rings. The summed E-state index contributed by atoms with van der Waals surface area (Å²) < 4.78 is 5.61. The maximum atomic E-state index is 14.8. The molecule has 7 heteroatoms. The highest BCUT2D eigenvalue weighted by atomic mass is 16.7. The number of alkyl carbamates (subject to hydrolysis) is 1. The van der Waals surface area contributed by atoms with Gasteiger partial charge < -0.3 is 15.2 Å². The number of carbonyl (C=O) groups excluding carboxylic acids is 2. The fourth-order valence-electron chi connectivity index (χ4n) is 10.6. The summed E-state index contributed by atoms with van der Waals surface area (Å²) in [6, 6.07) is -0.797. The van der Waals surface area contributed by atoms with Crippen molar-refractivity contribution in [1.82, 2.24) is 10.4 Å². The van der Waals surface area contributed by atoms with Gasteiger partial charge in [0.25, 0.3) is 5.91 Å². The minimum absolute atomic E-state index is 0.0777. The Labute approximate surface area is 279 Å². The van der Waals surface area contributed by atoms with Crippen LogP contribution in [0.15, 0.2) is 24.3 Å². The molecule has 0 radical (unpaired) electrons. The number of hydrogen-bond acceptors (Lipinski definition) is 5. The van der Waals surface area contributed by atoms with Gasteiger partial charge in [-0.3, -0.25) is 9.63 Å². The summed E-state index contributed by atoms with van der Waals surface area (Å²) in [5, 5.41) is 15.7. The lowest BCUT2D eigenvalue weighted by atomic mass is 9.41. The number of carbonyl (C=O) groups is 2. The monoisotopic (exact) mass is 640 g/mol. The molecular weight excluding hydrogens is 576 g/mol. The highest BCUT2D eigenvalue weighted by molar-refractivity contribution is 5.86. The Morgan fingerprint density at radius 3 is 2.33 bits per heavy atom. The first-order valence-electron chi connectivity index (χ1n) is 18.4. The summed E-state index contributed by atoms with van der Waals surface area (Å²) in [4.78, 5) is 35.2. The second-order valence-electron chi connectivity index (χ2n) is 18.2. The van der Waals surface area contributed by atoms with Gasteiger partial charge in [0.2, 0.25) is 0 Å². The van der Waals surface area contributed by atoms with Crippen molar-refractivity contribution in [2.75, 3.05) is 0 Å². The predicted octanol–water partition coefficient (Wildman–Crippen LogP) is 8.23. The van der Waals surface area contributed by atoms with Gasteiger partial charge >= 0.3 is 6.09 Å². The molecular formula is C39H64N2O5. The first-order chi connectivity index (χ1) is 21.3. The Bertz CT molecular complexity index is 1220. The van der Waals surface area contributed by atoms with Gasteiger partial charge in [-0.2, -0.15) is 0 Å². The summed E-state index contributed by atoms with van der Waals surface area (Å²) >= 11 is 0. The third kappa shape index (κ3) is 5.77. The first kappa shape index (κ1) is 35.4. The van der Waals surface area contributed by atoms with E-state index >= 15 is 0 Å². The second kappa shape index (κ2) is 12.2. The van der Waals surface area contributed by atoms with E-state index < -0.39 is 35.0 Å². The van der Waals surface area contributed by atoms with Crippen molar-refractivity contribution in [3.8, 4) is 0 Å². The number of aliphatic hydroxyl groups excluding tert-OH is 1. The molecule has 46 heavy (non-hydrogen) atoms. The standard InChI is InChI=1S/C39H64N2O5/c1-24(2)22-30(40-34(44)45-35(7,8)9)33(43)41-38-20-21-39(46-41)31-15-14-29(27(6)13-12-26(5)25(3)4)36(31,10)18-17-32(39)37(38,11)19-16-28(42)23-38/h12-13,20-21,24-32,42H,14-19,22-23H2,1-11H3,(H,40,44)/b13-12+/t26-,27+,28-,29+,30-,31+,32?,36+,37+,38+,39-/m0/s1. The van der Waals surface area contributed by atoms with Gasteiger partial charge in [0.05, 0.1) is 11.6 Å². The van der Waals surface area contributed by atoms with Gasteiger partial charge in [0.1, 0.15) is 17.2 Å². The number of aliphatic hydroxyl groups is 1. The van der Waals surface area contributed by atoms with Crippen LogP contribution < -0.4 is 5.32 Å². The van der Waals surface area contributed by atoms with E-state index in [2.05, 4.69) is 85.0 Å². The third-order valence-corrected chi connectivity index (χ3v) is 13.3. The molecule has 0 aromatic heterocycles. The van der Waals surface area contributed by atoms with E-state index in [0.29, 0.717) is 36.5 Å². The van der Waals surface area contributed by atoms with Gasteiger partial charge in [-0.1, -0.05) is 79.7 Å². The fourth-order valence-corrected chi connectivity index (χ4v) is 10.6. The zero-order valence-corrected chi connectivity index (χ0v) is 30.7. The smallest absolute Gasteiger partial charge is 0.408 e. The molecule has 1 unspecified atom stereocenters. The molecule has 7 nitrogen and oxygen atoms in total. The number of ether oxygens (including phenoxy) is 1. The number of nitrogens with zero attached hydrogens (tertiary/aromatic N) is 1. The van der Waals surface area contributed by atoms with Crippen LogP contribution in [-0.4, -0.2) is 51.1 Å². The number of hydroxylamine groups is 2. The summed E-state index contributed by atoms with van der Waals surface area (Å²) in [7, 11) is 0. The van der Waals surface area contributed by atoms with E-state index in [-0.39, 0.29) is 34.5 Å². The third-order valence-electron chi connectivity index (χ3n) is 13.3. The van der Waals surface area contributed by atoms with E-state index in [1.165, 1.54) is 0 Å². The average molecular weight is 641 g/mol. The van der Waals surface area contributed by atoms with Gasteiger partial charge in [0, 0.05) is 23.7 Å². The number of fused-ring (bicyclic) bond motifs is 2. The van der Waals surface area contributed by atoms with Gasteiger partial charge in [-0.15, -0.1) is 0 Å². The van der Waals surface area contributed by atoms with Crippen molar-refractivity contribution in [3.05, 3.63) is 24.3 Å². The van der Waals surface area contributed by atoms with Crippen molar-refractivity contribution in [3.63, 3.8) is 0 Å². The maximum absolute atomic E-state index is 14.8. The van der Waals surface area contributed by atoms with Crippen LogP contribution in [0.5, 0.6) is 0 Å². The molecule has 2 aliphatic heterocycles. The first-order valence-corrected chi connectivity index (χ1v) is 18.4. The molecule has 0 aromatic carbocycles. The van der Waals surface area contributed by atoms with Crippen LogP contribution in [-0.2, 0) is 14.4 Å². The highest BCUT2D eigenvalue weighted by Gasteiger charge is 2.76. The quantitative estimate of drug-likeness (QED) is 0.261. The molecule has 2 amide bonds. The van der Waals surface area contributed by atoms with Crippen LogP contribution in [0.2, 0.25) is 0 Å². The van der Waals surface area contributed by atoms with Crippen LogP contribution in [0.3, 0.4) is 0 Å². The summed E-state index contributed by atoms with van der Waals surface area (Å²) in [6.45, 7) is 23.7. The molecule has 2 N–H and O–H groups in total. The van der Waals surface area contributed by atoms with Gasteiger partial charge in [0.15, 0.2) is 0 Å². The van der Waals surface area contributed by atoms with Crippen molar-refractivity contribution in [2.45, 2.75) is 156 Å². The van der Waals surface area contributed by atoms with E-state index in [1.807, 2.05) is 20.8 Å². The van der Waals surface area contributed by atoms with Crippen molar-refractivity contribution in [1.29, 1.82) is 0 Å². The summed E-state index contributed by atoms with van der Waals surface area (Å²) in [5.74, 6) is 2.64. The molecule has 1 saturated heterocycles. The molecule has 4 fully saturated rings. The van der Waals surface area contributed by atoms with E-state index in [1.54, 1.807) is 5.06 Å². The van der Waals surface area contributed by atoms with E-state index in [9.17, 15) is 14.7 Å². The Morgan fingerprint density at radius 2 is 1.70 bits per heavy atom. The number of rotatable bonds is 8. The zero-order valence-electron chi connectivity index (χ0n) is 30.7. The Morgan fingerprint density at radius 1 is 1.00 bits per heavy atom. The topological polar surface area (TPSA) is 88.1 Å². The lowest BCUT2D eigenvalue weighted by Gasteiger charge is -2.73.